The molecule has 0 aromatic heterocycles. The number of hydrogen-bond acceptors (Lipinski definition) is 2. The van der Waals surface area contributed by atoms with Crippen molar-refractivity contribution in [3.05, 3.63) is 29.8 Å². The lowest BCUT2D eigenvalue weighted by Gasteiger charge is -2.24. The maximum atomic E-state index is 12.9. The van der Waals surface area contributed by atoms with E-state index in [2.05, 4.69) is 19.9 Å². The molecule has 0 spiro atoms. The summed E-state index contributed by atoms with van der Waals surface area (Å²) in [5.74, 6) is 1.03. The van der Waals surface area contributed by atoms with E-state index in [9.17, 15) is 4.79 Å². The maximum absolute atomic E-state index is 12.9. The summed E-state index contributed by atoms with van der Waals surface area (Å²) < 4.78 is 6.06. The van der Waals surface area contributed by atoms with Crippen molar-refractivity contribution in [2.45, 2.75) is 83.6 Å². The van der Waals surface area contributed by atoms with Gasteiger partial charge in [-0.1, -0.05) is 64.2 Å². The van der Waals surface area contributed by atoms with Crippen LogP contribution in [0, 0.1) is 0 Å². The number of nitrogens with zero attached hydrogens (tertiary/aromatic N) is 1. The molecule has 1 unspecified atom stereocenters. The van der Waals surface area contributed by atoms with E-state index in [-0.39, 0.29) is 11.8 Å². The van der Waals surface area contributed by atoms with Crippen LogP contribution < -0.4 is 4.74 Å². The molecule has 140 valence electrons. The molecule has 0 radical (unpaired) electrons. The molecule has 1 fully saturated rings. The molecule has 1 aliphatic carbocycles. The normalized spacial score (nSPS) is 15.0. The number of carbonyl (C=O) groups is 1. The highest BCUT2D eigenvalue weighted by molar-refractivity contribution is 5.84. The van der Waals surface area contributed by atoms with Crippen molar-refractivity contribution < 1.29 is 9.53 Å². The van der Waals surface area contributed by atoms with Crippen LogP contribution in [-0.4, -0.2) is 30.5 Å². The number of unbranched alkanes of at least 4 members (excludes halogenated alkanes) is 5. The molecule has 0 N–H and O–H groups in total. The molecule has 2 rings (SSSR count). The summed E-state index contributed by atoms with van der Waals surface area (Å²) in [4.78, 5) is 14.8. The summed E-state index contributed by atoms with van der Waals surface area (Å²) in [6, 6.07) is 8.54. The standard InChI is InChI=1S/C22H35NO2/c1-4-6-7-8-9-12-17-25-21-14-11-10-13-20(21)19(5-2)22(24)23(3)18-15-16-18/h10-11,13-14,18-19H,4-9,12,15-17H2,1-3H3. The Morgan fingerprint density at radius 3 is 2.48 bits per heavy atom. The number of benzene rings is 1. The first-order chi connectivity index (χ1) is 12.2. The Kier molecular flexibility index (Phi) is 8.30. The Morgan fingerprint density at radius 1 is 1.12 bits per heavy atom. The van der Waals surface area contributed by atoms with Crippen LogP contribution in [0.3, 0.4) is 0 Å². The lowest BCUT2D eigenvalue weighted by molar-refractivity contribution is -0.132. The molecule has 1 aromatic rings. The third-order valence-corrected chi connectivity index (χ3v) is 5.20. The molecular formula is C22H35NO2. The summed E-state index contributed by atoms with van der Waals surface area (Å²) >= 11 is 0. The molecular weight excluding hydrogens is 310 g/mol. The highest BCUT2D eigenvalue weighted by atomic mass is 16.5. The number of para-hydroxylation sites is 1. The van der Waals surface area contributed by atoms with Crippen molar-refractivity contribution >= 4 is 5.91 Å². The van der Waals surface area contributed by atoms with Crippen LogP contribution in [0.5, 0.6) is 5.75 Å². The van der Waals surface area contributed by atoms with Crippen molar-refractivity contribution in [3.8, 4) is 5.75 Å². The molecule has 1 saturated carbocycles. The second kappa shape index (κ2) is 10.5. The zero-order valence-electron chi connectivity index (χ0n) is 16.3. The van der Waals surface area contributed by atoms with E-state index in [4.69, 9.17) is 4.74 Å². The summed E-state index contributed by atoms with van der Waals surface area (Å²) in [5, 5.41) is 0. The number of ether oxygens (including phenoxy) is 1. The van der Waals surface area contributed by atoms with Crippen LogP contribution in [0.15, 0.2) is 24.3 Å². The van der Waals surface area contributed by atoms with E-state index in [0.717, 1.165) is 43.6 Å². The highest BCUT2D eigenvalue weighted by Crippen LogP contribution is 2.34. The zero-order chi connectivity index (χ0) is 18.1. The van der Waals surface area contributed by atoms with Gasteiger partial charge < -0.3 is 9.64 Å². The third-order valence-electron chi connectivity index (χ3n) is 5.20. The number of carbonyl (C=O) groups excluding carboxylic acids is 1. The fourth-order valence-electron chi connectivity index (χ4n) is 3.38. The summed E-state index contributed by atoms with van der Waals surface area (Å²) in [7, 11) is 1.95. The van der Waals surface area contributed by atoms with Crippen molar-refractivity contribution in [1.29, 1.82) is 0 Å². The number of rotatable bonds is 12. The molecule has 1 atom stereocenters. The first-order valence-corrected chi connectivity index (χ1v) is 10.2. The smallest absolute Gasteiger partial charge is 0.230 e. The van der Waals surface area contributed by atoms with Gasteiger partial charge in [-0.3, -0.25) is 4.79 Å². The number of amides is 1. The first kappa shape index (κ1) is 19.8. The van der Waals surface area contributed by atoms with E-state index >= 15 is 0 Å². The van der Waals surface area contributed by atoms with Crippen molar-refractivity contribution in [3.63, 3.8) is 0 Å². The van der Waals surface area contributed by atoms with Crippen molar-refractivity contribution in [1.82, 2.24) is 4.90 Å². The SMILES string of the molecule is CCCCCCCCOc1ccccc1C(CC)C(=O)N(C)C1CC1. The average Bonchev–Trinajstić information content (AvgIpc) is 3.47. The zero-order valence-corrected chi connectivity index (χ0v) is 16.3. The molecule has 3 heteroatoms. The van der Waals surface area contributed by atoms with E-state index in [1.165, 1.54) is 32.1 Å². The molecule has 0 bridgehead atoms. The summed E-state index contributed by atoms with van der Waals surface area (Å²) in [6.07, 6.45) is 10.7. The third kappa shape index (κ3) is 6.05. The minimum Gasteiger partial charge on any atom is -0.493 e. The molecule has 0 aliphatic heterocycles. The first-order valence-electron chi connectivity index (χ1n) is 10.2. The van der Waals surface area contributed by atoms with Crippen molar-refractivity contribution in [2.24, 2.45) is 0 Å². The number of likely N-dealkylation sites (N-methyl/N-ethyl adjacent to an activating group) is 1. The van der Waals surface area contributed by atoms with Gasteiger partial charge >= 0.3 is 0 Å². The fraction of sp³-hybridized carbons (Fsp3) is 0.682. The lowest BCUT2D eigenvalue weighted by atomic mass is 9.94. The van der Waals surface area contributed by atoms with E-state index in [1.807, 2.05) is 30.1 Å². The second-order valence-corrected chi connectivity index (χ2v) is 7.30. The minimum atomic E-state index is -0.0913. The largest absolute Gasteiger partial charge is 0.493 e. The molecule has 1 aliphatic rings. The lowest BCUT2D eigenvalue weighted by Crippen LogP contribution is -2.33. The van der Waals surface area contributed by atoms with Gasteiger partial charge in [-0.05, 0) is 31.7 Å². The predicted molar refractivity (Wildman–Crippen MR) is 104 cm³/mol. The summed E-state index contributed by atoms with van der Waals surface area (Å²) in [5.41, 5.74) is 1.05. The molecule has 1 aromatic carbocycles. The highest BCUT2D eigenvalue weighted by Gasteiger charge is 2.34. The van der Waals surface area contributed by atoms with Gasteiger partial charge in [0.05, 0.1) is 12.5 Å². The van der Waals surface area contributed by atoms with Crippen LogP contribution in [0.1, 0.15) is 83.1 Å². The molecule has 0 heterocycles. The van der Waals surface area contributed by atoms with Crippen molar-refractivity contribution in [2.75, 3.05) is 13.7 Å². The van der Waals surface area contributed by atoms with Gasteiger partial charge in [0.2, 0.25) is 5.91 Å². The maximum Gasteiger partial charge on any atom is 0.230 e. The van der Waals surface area contributed by atoms with Crippen LogP contribution in [0.2, 0.25) is 0 Å². The van der Waals surface area contributed by atoms with Gasteiger partial charge in [0.1, 0.15) is 5.75 Å². The quantitative estimate of drug-likeness (QED) is 0.465. The summed E-state index contributed by atoms with van der Waals surface area (Å²) in [6.45, 7) is 5.08. The van der Waals surface area contributed by atoms with Gasteiger partial charge in [-0.15, -0.1) is 0 Å². The Hall–Kier alpha value is -1.51. The Labute approximate surface area is 153 Å². The Bertz CT molecular complexity index is 525. The van der Waals surface area contributed by atoms with Crippen LogP contribution in [0.25, 0.3) is 0 Å². The Balaban J connectivity index is 1.90. The van der Waals surface area contributed by atoms with Crippen LogP contribution in [-0.2, 0) is 4.79 Å². The average molecular weight is 346 g/mol. The van der Waals surface area contributed by atoms with E-state index in [1.54, 1.807) is 0 Å². The molecule has 25 heavy (non-hydrogen) atoms. The van der Waals surface area contributed by atoms with Crippen LogP contribution >= 0.6 is 0 Å². The monoisotopic (exact) mass is 345 g/mol. The van der Waals surface area contributed by atoms with Crippen LogP contribution in [0.4, 0.5) is 0 Å². The predicted octanol–water partition coefficient (Wildman–Crippen LogP) is 5.54. The van der Waals surface area contributed by atoms with Gasteiger partial charge in [-0.25, -0.2) is 0 Å². The Morgan fingerprint density at radius 2 is 1.80 bits per heavy atom. The molecule has 0 saturated heterocycles. The van der Waals surface area contributed by atoms with Gasteiger partial charge in [0, 0.05) is 18.7 Å². The molecule has 1 amide bonds. The van der Waals surface area contributed by atoms with Gasteiger partial charge in [0.15, 0.2) is 0 Å². The molecule has 3 nitrogen and oxygen atoms in total. The topological polar surface area (TPSA) is 29.5 Å². The number of hydrogen-bond donors (Lipinski definition) is 0. The van der Waals surface area contributed by atoms with Gasteiger partial charge in [0.25, 0.3) is 0 Å². The van der Waals surface area contributed by atoms with Gasteiger partial charge in [-0.2, -0.15) is 0 Å². The fourth-order valence-corrected chi connectivity index (χ4v) is 3.38. The van der Waals surface area contributed by atoms with E-state index in [0.29, 0.717) is 6.04 Å². The minimum absolute atomic E-state index is 0.0913. The van der Waals surface area contributed by atoms with E-state index < -0.39 is 0 Å². The second-order valence-electron chi connectivity index (χ2n) is 7.30.